The zero-order chi connectivity index (χ0) is 17.2. The summed E-state index contributed by atoms with van der Waals surface area (Å²) in [6.07, 6.45) is 9.85. The van der Waals surface area contributed by atoms with Gasteiger partial charge in [0.2, 0.25) is 0 Å². The van der Waals surface area contributed by atoms with Crippen LogP contribution in [0.4, 0.5) is 0 Å². The Morgan fingerprint density at radius 3 is 1.35 bits per heavy atom. The summed E-state index contributed by atoms with van der Waals surface area (Å²) >= 11 is 0. The largest absolute Gasteiger partial charge is 0.353 e. The fourth-order valence-electron chi connectivity index (χ4n) is 2.38. The van der Waals surface area contributed by atoms with Gasteiger partial charge < -0.3 is 18.9 Å². The maximum absolute atomic E-state index is 5.94. The highest BCUT2D eigenvalue weighted by Gasteiger charge is 2.18. The SMILES string of the molecule is CCCCCCOC(CC(OCC)OCC)OCCCCCC. The van der Waals surface area contributed by atoms with E-state index in [1.54, 1.807) is 0 Å². The molecule has 0 radical (unpaired) electrons. The molecule has 0 aliphatic rings. The van der Waals surface area contributed by atoms with Gasteiger partial charge in [-0.15, -0.1) is 0 Å². The molecule has 0 bridgehead atoms. The van der Waals surface area contributed by atoms with Crippen molar-refractivity contribution in [2.75, 3.05) is 26.4 Å². The van der Waals surface area contributed by atoms with Crippen LogP contribution in [-0.4, -0.2) is 39.0 Å². The molecule has 0 aromatic rings. The van der Waals surface area contributed by atoms with Gasteiger partial charge in [0.05, 0.1) is 0 Å². The van der Waals surface area contributed by atoms with E-state index in [0.717, 1.165) is 26.1 Å². The lowest BCUT2D eigenvalue weighted by Gasteiger charge is -2.24. The Balaban J connectivity index is 4.11. The predicted octanol–water partition coefficient (Wildman–Crippen LogP) is 5.30. The molecular weight excluding hydrogens is 292 g/mol. The Morgan fingerprint density at radius 1 is 0.522 bits per heavy atom. The lowest BCUT2D eigenvalue weighted by molar-refractivity contribution is -0.211. The monoisotopic (exact) mass is 332 g/mol. The van der Waals surface area contributed by atoms with E-state index in [9.17, 15) is 0 Å². The molecule has 4 heteroatoms. The van der Waals surface area contributed by atoms with Crippen LogP contribution in [0.1, 0.15) is 85.5 Å². The van der Waals surface area contributed by atoms with Crippen molar-refractivity contribution in [1.82, 2.24) is 0 Å². The molecule has 0 heterocycles. The number of unbranched alkanes of at least 4 members (excludes halogenated alkanes) is 6. The molecule has 140 valence electrons. The van der Waals surface area contributed by atoms with Gasteiger partial charge in [-0.2, -0.15) is 0 Å². The van der Waals surface area contributed by atoms with Gasteiger partial charge in [-0.3, -0.25) is 0 Å². The number of ether oxygens (including phenoxy) is 4. The van der Waals surface area contributed by atoms with Gasteiger partial charge in [-0.25, -0.2) is 0 Å². The Labute approximate surface area is 144 Å². The third kappa shape index (κ3) is 15.1. The molecule has 0 unspecified atom stereocenters. The molecule has 0 saturated heterocycles. The fraction of sp³-hybridized carbons (Fsp3) is 1.00. The van der Waals surface area contributed by atoms with E-state index >= 15 is 0 Å². The first-order valence-electron chi connectivity index (χ1n) is 9.74. The van der Waals surface area contributed by atoms with Gasteiger partial charge in [0, 0.05) is 32.8 Å². The van der Waals surface area contributed by atoms with Crippen molar-refractivity contribution >= 4 is 0 Å². The molecule has 0 rings (SSSR count). The molecule has 0 spiro atoms. The Hall–Kier alpha value is -0.160. The lowest BCUT2D eigenvalue weighted by atomic mass is 10.2. The van der Waals surface area contributed by atoms with E-state index < -0.39 is 0 Å². The normalized spacial score (nSPS) is 11.7. The standard InChI is InChI=1S/C19H40O4/c1-5-9-11-13-15-22-19(23-16-14-12-10-6-2)17-18(20-7-3)21-8-4/h18-19H,5-17H2,1-4H3. The predicted molar refractivity (Wildman–Crippen MR) is 95.6 cm³/mol. The van der Waals surface area contributed by atoms with Crippen LogP contribution in [0.15, 0.2) is 0 Å². The van der Waals surface area contributed by atoms with Crippen molar-refractivity contribution in [2.45, 2.75) is 98.1 Å². The van der Waals surface area contributed by atoms with Gasteiger partial charge >= 0.3 is 0 Å². The van der Waals surface area contributed by atoms with E-state index in [2.05, 4.69) is 13.8 Å². The number of hydrogen-bond donors (Lipinski definition) is 0. The topological polar surface area (TPSA) is 36.9 Å². The van der Waals surface area contributed by atoms with Crippen molar-refractivity contribution < 1.29 is 18.9 Å². The smallest absolute Gasteiger partial charge is 0.162 e. The van der Waals surface area contributed by atoms with Crippen LogP contribution in [-0.2, 0) is 18.9 Å². The minimum absolute atomic E-state index is 0.221. The second kappa shape index (κ2) is 18.2. The summed E-state index contributed by atoms with van der Waals surface area (Å²) in [7, 11) is 0. The minimum Gasteiger partial charge on any atom is -0.353 e. The van der Waals surface area contributed by atoms with Crippen molar-refractivity contribution in [1.29, 1.82) is 0 Å². The summed E-state index contributed by atoms with van der Waals surface area (Å²) in [5.41, 5.74) is 0. The van der Waals surface area contributed by atoms with Crippen LogP contribution in [0.2, 0.25) is 0 Å². The first-order valence-corrected chi connectivity index (χ1v) is 9.74. The Morgan fingerprint density at radius 2 is 0.957 bits per heavy atom. The van der Waals surface area contributed by atoms with E-state index in [1.807, 2.05) is 13.8 Å². The summed E-state index contributed by atoms with van der Waals surface area (Å²) in [5, 5.41) is 0. The average molecular weight is 333 g/mol. The molecule has 0 N–H and O–H groups in total. The molecule has 4 nitrogen and oxygen atoms in total. The minimum atomic E-state index is -0.235. The van der Waals surface area contributed by atoms with Gasteiger partial charge in [-0.05, 0) is 26.7 Å². The maximum atomic E-state index is 5.94. The van der Waals surface area contributed by atoms with Crippen molar-refractivity contribution in [2.24, 2.45) is 0 Å². The van der Waals surface area contributed by atoms with Crippen LogP contribution in [0.3, 0.4) is 0 Å². The van der Waals surface area contributed by atoms with E-state index in [4.69, 9.17) is 18.9 Å². The zero-order valence-corrected chi connectivity index (χ0v) is 16.0. The van der Waals surface area contributed by atoms with E-state index in [1.165, 1.54) is 38.5 Å². The molecular formula is C19H40O4. The second-order valence-electron chi connectivity index (χ2n) is 5.87. The molecule has 23 heavy (non-hydrogen) atoms. The van der Waals surface area contributed by atoms with E-state index in [0.29, 0.717) is 19.6 Å². The summed E-state index contributed by atoms with van der Waals surface area (Å²) in [5.74, 6) is 0. The molecule has 0 amide bonds. The van der Waals surface area contributed by atoms with Crippen LogP contribution in [0, 0.1) is 0 Å². The quantitative estimate of drug-likeness (QED) is 0.252. The summed E-state index contributed by atoms with van der Waals surface area (Å²) in [4.78, 5) is 0. The first kappa shape index (κ1) is 22.8. The van der Waals surface area contributed by atoms with Gasteiger partial charge in [0.25, 0.3) is 0 Å². The van der Waals surface area contributed by atoms with Crippen LogP contribution >= 0.6 is 0 Å². The molecule has 0 atom stereocenters. The summed E-state index contributed by atoms with van der Waals surface area (Å²) < 4.78 is 23.1. The maximum Gasteiger partial charge on any atom is 0.162 e. The molecule has 0 aliphatic carbocycles. The third-order valence-corrected chi connectivity index (χ3v) is 3.69. The number of rotatable bonds is 18. The summed E-state index contributed by atoms with van der Waals surface area (Å²) in [6.45, 7) is 11.2. The lowest BCUT2D eigenvalue weighted by Crippen LogP contribution is -2.28. The average Bonchev–Trinajstić information content (AvgIpc) is 2.54. The third-order valence-electron chi connectivity index (χ3n) is 3.69. The molecule has 0 aromatic heterocycles. The highest BCUT2D eigenvalue weighted by atomic mass is 16.7. The van der Waals surface area contributed by atoms with Crippen molar-refractivity contribution in [3.8, 4) is 0 Å². The first-order chi connectivity index (χ1) is 11.3. The highest BCUT2D eigenvalue weighted by molar-refractivity contribution is 4.53. The Kier molecular flexibility index (Phi) is 18.1. The number of hydrogen-bond acceptors (Lipinski definition) is 4. The van der Waals surface area contributed by atoms with Crippen LogP contribution in [0.5, 0.6) is 0 Å². The highest BCUT2D eigenvalue weighted by Crippen LogP contribution is 2.12. The van der Waals surface area contributed by atoms with Gasteiger partial charge in [0.1, 0.15) is 0 Å². The second-order valence-corrected chi connectivity index (χ2v) is 5.87. The molecule has 0 aliphatic heterocycles. The van der Waals surface area contributed by atoms with Crippen molar-refractivity contribution in [3.05, 3.63) is 0 Å². The van der Waals surface area contributed by atoms with Gasteiger partial charge in [0.15, 0.2) is 12.6 Å². The molecule has 0 fully saturated rings. The summed E-state index contributed by atoms with van der Waals surface area (Å²) in [6, 6.07) is 0. The fourth-order valence-corrected chi connectivity index (χ4v) is 2.38. The van der Waals surface area contributed by atoms with Crippen LogP contribution < -0.4 is 0 Å². The molecule has 0 aromatic carbocycles. The van der Waals surface area contributed by atoms with Crippen LogP contribution in [0.25, 0.3) is 0 Å². The van der Waals surface area contributed by atoms with E-state index in [-0.39, 0.29) is 12.6 Å². The van der Waals surface area contributed by atoms with Gasteiger partial charge in [-0.1, -0.05) is 52.4 Å². The van der Waals surface area contributed by atoms with Crippen molar-refractivity contribution in [3.63, 3.8) is 0 Å². The molecule has 0 saturated carbocycles. The Bertz CT molecular complexity index is 203. The zero-order valence-electron chi connectivity index (χ0n) is 16.0.